The van der Waals surface area contributed by atoms with Gasteiger partial charge >= 0.3 is 13.6 Å². The molecule has 0 aliphatic rings. The lowest BCUT2D eigenvalue weighted by atomic mass is 10.3. The number of hydrogen-bond donors (Lipinski definition) is 0. The van der Waals surface area contributed by atoms with E-state index in [4.69, 9.17) is 25.4 Å². The van der Waals surface area contributed by atoms with Crippen molar-refractivity contribution in [2.75, 3.05) is 0 Å². The van der Waals surface area contributed by atoms with Gasteiger partial charge in [-0.2, -0.15) is 0 Å². The molecule has 0 rings (SSSR count). The summed E-state index contributed by atoms with van der Waals surface area (Å²) in [5.41, 5.74) is 0. The predicted octanol–water partition coefficient (Wildman–Crippen LogP) is 4.33. The first-order chi connectivity index (χ1) is 9.16. The van der Waals surface area contributed by atoms with Gasteiger partial charge in [0.15, 0.2) is 0 Å². The molecule has 0 saturated carbocycles. The van der Waals surface area contributed by atoms with Crippen LogP contribution in [0.5, 0.6) is 0 Å². The molecule has 0 aromatic rings. The van der Waals surface area contributed by atoms with Crippen molar-refractivity contribution in [2.45, 2.75) is 77.8 Å². The molecular formula is C13H26ClO5P. The summed E-state index contributed by atoms with van der Waals surface area (Å²) in [6, 6.07) is 0. The summed E-state index contributed by atoms with van der Waals surface area (Å²) in [6.45, 7) is 10.7. The highest BCUT2D eigenvalue weighted by Crippen LogP contribution is 2.57. The average Bonchev–Trinajstić information content (AvgIpc) is 2.36. The van der Waals surface area contributed by atoms with Crippen LogP contribution in [-0.2, 0) is 23.1 Å². The van der Waals surface area contributed by atoms with Crippen molar-refractivity contribution in [1.29, 1.82) is 0 Å². The molecule has 0 radical (unpaired) electrons. The minimum absolute atomic E-state index is 0.321. The van der Waals surface area contributed by atoms with E-state index >= 15 is 0 Å². The normalized spacial score (nSPS) is 19.2. The zero-order chi connectivity index (χ0) is 15.9. The Morgan fingerprint density at radius 1 is 1.05 bits per heavy atom. The summed E-state index contributed by atoms with van der Waals surface area (Å²) in [6.07, 6.45) is 0.285. The molecule has 7 heteroatoms. The van der Waals surface area contributed by atoms with Gasteiger partial charge in [0.25, 0.3) is 0 Å². The number of rotatable bonds is 9. The molecule has 120 valence electrons. The minimum Gasteiger partial charge on any atom is -0.461 e. The summed E-state index contributed by atoms with van der Waals surface area (Å²) >= 11 is 6.00. The minimum atomic E-state index is -3.78. The van der Waals surface area contributed by atoms with E-state index in [-0.39, 0.29) is 18.3 Å². The number of hydrogen-bond acceptors (Lipinski definition) is 5. The molecule has 0 saturated heterocycles. The zero-order valence-electron chi connectivity index (χ0n) is 13.1. The summed E-state index contributed by atoms with van der Waals surface area (Å²) in [4.78, 5) is 11.9. The number of alkyl halides is 1. The Morgan fingerprint density at radius 3 is 1.75 bits per heavy atom. The molecule has 0 aliphatic heterocycles. The molecule has 0 aromatic carbocycles. The van der Waals surface area contributed by atoms with Crippen LogP contribution in [0.2, 0.25) is 0 Å². The van der Waals surface area contributed by atoms with Crippen LogP contribution in [0, 0.1) is 0 Å². The van der Waals surface area contributed by atoms with Crippen LogP contribution < -0.4 is 0 Å². The third-order valence-electron chi connectivity index (χ3n) is 2.63. The molecule has 20 heavy (non-hydrogen) atoms. The number of halogens is 1. The lowest BCUT2D eigenvalue weighted by molar-refractivity contribution is -0.145. The third-order valence-corrected chi connectivity index (χ3v) is 5.60. The van der Waals surface area contributed by atoms with Crippen LogP contribution in [0.1, 0.15) is 54.4 Å². The fraction of sp³-hybridized carbons (Fsp3) is 0.923. The van der Waals surface area contributed by atoms with Gasteiger partial charge in [0, 0.05) is 0 Å². The largest absolute Gasteiger partial charge is 0.461 e. The molecule has 0 fully saturated rings. The van der Waals surface area contributed by atoms with E-state index in [0.717, 1.165) is 0 Å². The van der Waals surface area contributed by atoms with Crippen LogP contribution in [-0.4, -0.2) is 29.4 Å². The highest BCUT2D eigenvalue weighted by atomic mass is 35.5. The Bertz CT molecular complexity index is 332. The van der Waals surface area contributed by atoms with Crippen molar-refractivity contribution < 1.29 is 23.1 Å². The lowest BCUT2D eigenvalue weighted by Crippen LogP contribution is -2.26. The van der Waals surface area contributed by atoms with Crippen LogP contribution in [0.4, 0.5) is 0 Å². The number of carbonyl (C=O) groups excluding carboxylic acids is 1. The fourth-order valence-electron chi connectivity index (χ4n) is 1.20. The zero-order valence-corrected chi connectivity index (χ0v) is 14.7. The second-order valence-electron chi connectivity index (χ2n) is 5.01. The number of esters is 1. The van der Waals surface area contributed by atoms with Gasteiger partial charge in [0.2, 0.25) is 5.12 Å². The first-order valence-electron chi connectivity index (χ1n) is 6.97. The van der Waals surface area contributed by atoms with Crippen molar-refractivity contribution in [3.05, 3.63) is 0 Å². The van der Waals surface area contributed by atoms with E-state index in [1.807, 2.05) is 13.8 Å². The van der Waals surface area contributed by atoms with E-state index < -0.39 is 18.7 Å². The van der Waals surface area contributed by atoms with Gasteiger partial charge in [-0.15, -0.1) is 0 Å². The van der Waals surface area contributed by atoms with Gasteiger partial charge in [0.05, 0.1) is 18.3 Å². The predicted molar refractivity (Wildman–Crippen MR) is 80.2 cm³/mol. The molecule has 0 heterocycles. The van der Waals surface area contributed by atoms with Gasteiger partial charge in [-0.05, 0) is 40.5 Å². The van der Waals surface area contributed by atoms with Crippen LogP contribution in [0.25, 0.3) is 0 Å². The summed E-state index contributed by atoms with van der Waals surface area (Å²) in [5.74, 6) is -0.781. The monoisotopic (exact) mass is 328 g/mol. The van der Waals surface area contributed by atoms with Crippen LogP contribution in [0.15, 0.2) is 0 Å². The van der Waals surface area contributed by atoms with Gasteiger partial charge < -0.3 is 13.8 Å². The van der Waals surface area contributed by atoms with E-state index in [1.165, 1.54) is 0 Å². The van der Waals surface area contributed by atoms with Crippen molar-refractivity contribution in [3.63, 3.8) is 0 Å². The standard InChI is InChI=1S/C13H26ClO5P/c1-7-10(5)18-20(16,19-11(6)8-2)12(14)13(15)17-9(3)4/h9-12H,7-8H2,1-6H3. The summed E-state index contributed by atoms with van der Waals surface area (Å²) in [5, 5.41) is -1.45. The van der Waals surface area contributed by atoms with Gasteiger partial charge in [-0.25, -0.2) is 4.79 Å². The first-order valence-corrected chi connectivity index (χ1v) is 9.02. The number of ether oxygens (including phenoxy) is 1. The van der Waals surface area contributed by atoms with E-state index in [9.17, 15) is 9.36 Å². The molecule has 0 spiro atoms. The van der Waals surface area contributed by atoms with Crippen molar-refractivity contribution in [3.8, 4) is 0 Å². The van der Waals surface area contributed by atoms with Crippen molar-refractivity contribution in [2.24, 2.45) is 0 Å². The maximum Gasteiger partial charge on any atom is 0.360 e. The smallest absolute Gasteiger partial charge is 0.360 e. The highest BCUT2D eigenvalue weighted by Gasteiger charge is 2.43. The Hall–Kier alpha value is -0.0900. The fourth-order valence-corrected chi connectivity index (χ4v) is 3.41. The van der Waals surface area contributed by atoms with E-state index in [0.29, 0.717) is 12.8 Å². The van der Waals surface area contributed by atoms with Crippen LogP contribution >= 0.6 is 19.2 Å². The molecule has 5 nitrogen and oxygen atoms in total. The molecule has 0 N–H and O–H groups in total. The van der Waals surface area contributed by atoms with E-state index in [2.05, 4.69) is 0 Å². The number of carbonyl (C=O) groups is 1. The van der Waals surface area contributed by atoms with E-state index in [1.54, 1.807) is 27.7 Å². The molecule has 0 bridgehead atoms. The Morgan fingerprint density at radius 2 is 1.45 bits per heavy atom. The SMILES string of the molecule is CCC(C)OP(=O)(OC(C)CC)C(Cl)C(=O)OC(C)C. The quantitative estimate of drug-likeness (QED) is 0.358. The maximum absolute atomic E-state index is 12.8. The average molecular weight is 329 g/mol. The highest BCUT2D eigenvalue weighted by molar-refractivity contribution is 7.57. The first kappa shape index (κ1) is 19.9. The van der Waals surface area contributed by atoms with Gasteiger partial charge in [-0.3, -0.25) is 4.57 Å². The molecule has 3 unspecified atom stereocenters. The third kappa shape index (κ3) is 6.57. The summed E-state index contributed by atoms with van der Waals surface area (Å²) < 4.78 is 28.6. The van der Waals surface area contributed by atoms with Crippen molar-refractivity contribution >= 4 is 25.2 Å². The Labute approximate surface area is 126 Å². The Kier molecular flexibility index (Phi) is 8.99. The molecule has 0 aromatic heterocycles. The topological polar surface area (TPSA) is 61.8 Å². The maximum atomic E-state index is 12.8. The molecule has 0 aliphatic carbocycles. The van der Waals surface area contributed by atoms with Crippen molar-refractivity contribution in [1.82, 2.24) is 0 Å². The van der Waals surface area contributed by atoms with Gasteiger partial charge in [0.1, 0.15) is 0 Å². The van der Waals surface area contributed by atoms with Gasteiger partial charge in [-0.1, -0.05) is 25.4 Å². The molecular weight excluding hydrogens is 303 g/mol. The lowest BCUT2D eigenvalue weighted by Gasteiger charge is -2.27. The van der Waals surface area contributed by atoms with Crippen LogP contribution in [0.3, 0.4) is 0 Å². The second-order valence-corrected chi connectivity index (χ2v) is 7.77. The molecule has 3 atom stereocenters. The molecule has 0 amide bonds. The second kappa shape index (κ2) is 9.04. The summed E-state index contributed by atoms with van der Waals surface area (Å²) in [7, 11) is -3.78. The Balaban J connectivity index is 5.08.